The molecule has 1 N–H and O–H groups in total. The smallest absolute Gasteiger partial charge is 0.417 e. The van der Waals surface area contributed by atoms with Gasteiger partial charge in [0.2, 0.25) is 10.0 Å². The van der Waals surface area contributed by atoms with Crippen LogP contribution in [0.5, 0.6) is 0 Å². The third-order valence-electron chi connectivity index (χ3n) is 4.14. The van der Waals surface area contributed by atoms with E-state index >= 15 is 0 Å². The van der Waals surface area contributed by atoms with Crippen molar-refractivity contribution in [2.45, 2.75) is 17.9 Å². The van der Waals surface area contributed by atoms with Crippen molar-refractivity contribution < 1.29 is 22.7 Å². The Labute approximate surface area is 161 Å². The summed E-state index contributed by atoms with van der Waals surface area (Å²) >= 11 is 5.95. The number of benzene rings is 2. The van der Waals surface area contributed by atoms with Crippen LogP contribution >= 0.6 is 11.6 Å². The summed E-state index contributed by atoms with van der Waals surface area (Å²) in [6.45, 7) is 1.13. The Kier molecular flexibility index (Phi) is 5.50. The Morgan fingerprint density at radius 3 is 2.52 bits per heavy atom. The van der Waals surface area contributed by atoms with Crippen molar-refractivity contribution >= 4 is 33.6 Å². The lowest BCUT2D eigenvalue weighted by Crippen LogP contribution is -2.40. The van der Waals surface area contributed by atoms with Gasteiger partial charge >= 0.3 is 6.09 Å². The van der Waals surface area contributed by atoms with Crippen LogP contribution in [0.1, 0.15) is 17.2 Å². The highest BCUT2D eigenvalue weighted by Crippen LogP contribution is 2.24. The number of amides is 2. The number of hydrogen-bond acceptors (Lipinski definition) is 5. The van der Waals surface area contributed by atoms with Crippen molar-refractivity contribution in [1.29, 1.82) is 0 Å². The maximum Gasteiger partial charge on any atom is 0.417 e. The molecule has 1 heterocycles. The van der Waals surface area contributed by atoms with Crippen molar-refractivity contribution in [2.24, 2.45) is 0 Å². The number of hydrogen-bond donors (Lipinski definition) is 1. The van der Waals surface area contributed by atoms with Gasteiger partial charge in [-0.05, 0) is 30.2 Å². The first-order valence-corrected chi connectivity index (χ1v) is 9.94. The van der Waals surface area contributed by atoms with Gasteiger partial charge < -0.3 is 4.74 Å². The Morgan fingerprint density at radius 1 is 1.19 bits per heavy atom. The van der Waals surface area contributed by atoms with Crippen LogP contribution in [0.3, 0.4) is 0 Å². The minimum atomic E-state index is -3.96. The molecule has 1 saturated heterocycles. The number of imide groups is 1. The van der Waals surface area contributed by atoms with E-state index in [9.17, 15) is 18.0 Å². The lowest BCUT2D eigenvalue weighted by atomic mass is 10.1. The van der Waals surface area contributed by atoms with E-state index < -0.39 is 28.1 Å². The van der Waals surface area contributed by atoms with Crippen molar-refractivity contribution in [3.63, 3.8) is 0 Å². The molecule has 2 aromatic carbocycles. The van der Waals surface area contributed by atoms with Crippen molar-refractivity contribution in [3.8, 4) is 0 Å². The highest BCUT2D eigenvalue weighted by Gasteiger charge is 2.35. The third-order valence-corrected chi connectivity index (χ3v) is 5.99. The van der Waals surface area contributed by atoms with Crippen LogP contribution in [0.15, 0.2) is 53.4 Å². The predicted molar refractivity (Wildman–Crippen MR) is 98.8 cm³/mol. The topological polar surface area (TPSA) is 92.8 Å². The standard InChI is InChI=1S/C18H17ClN2O5S/c1-12-7-8-14(19)9-16(12)27(24,25)20-15(13-5-3-2-4-6-13)10-21-17(22)11-26-18(21)23/h2-9,15,20H,10-11H2,1H3. The molecule has 1 atom stereocenters. The van der Waals surface area contributed by atoms with Crippen LogP contribution in [0.4, 0.5) is 4.79 Å². The molecular formula is C18H17ClN2O5S. The first-order valence-electron chi connectivity index (χ1n) is 8.08. The quantitative estimate of drug-likeness (QED) is 0.793. The third kappa shape index (κ3) is 4.29. The van der Waals surface area contributed by atoms with Gasteiger partial charge in [0.15, 0.2) is 6.61 Å². The number of carbonyl (C=O) groups excluding carboxylic acids is 2. The Hall–Kier alpha value is -2.42. The molecule has 0 aliphatic carbocycles. The summed E-state index contributed by atoms with van der Waals surface area (Å²) < 4.78 is 33.2. The lowest BCUT2D eigenvalue weighted by molar-refractivity contribution is -0.126. The van der Waals surface area contributed by atoms with Gasteiger partial charge in [-0.15, -0.1) is 0 Å². The summed E-state index contributed by atoms with van der Waals surface area (Å²) in [6, 6.07) is 12.4. The monoisotopic (exact) mass is 408 g/mol. The van der Waals surface area contributed by atoms with Gasteiger partial charge in [-0.1, -0.05) is 48.0 Å². The number of rotatable bonds is 6. The largest absolute Gasteiger partial charge is 0.439 e. The summed E-state index contributed by atoms with van der Waals surface area (Å²) in [5.74, 6) is -0.515. The van der Waals surface area contributed by atoms with E-state index in [1.165, 1.54) is 6.07 Å². The average molecular weight is 409 g/mol. The van der Waals surface area contributed by atoms with Crippen LogP contribution in [-0.4, -0.2) is 38.5 Å². The second-order valence-electron chi connectivity index (χ2n) is 6.05. The van der Waals surface area contributed by atoms with E-state index in [-0.39, 0.29) is 23.1 Å². The minimum Gasteiger partial charge on any atom is -0.439 e. The molecule has 2 aromatic rings. The van der Waals surface area contributed by atoms with Gasteiger partial charge in [0.25, 0.3) is 5.91 Å². The van der Waals surface area contributed by atoms with Gasteiger partial charge in [-0.2, -0.15) is 0 Å². The van der Waals surface area contributed by atoms with Gasteiger partial charge in [0, 0.05) is 5.02 Å². The molecule has 27 heavy (non-hydrogen) atoms. The molecule has 1 unspecified atom stereocenters. The van der Waals surface area contributed by atoms with Crippen molar-refractivity contribution in [2.75, 3.05) is 13.2 Å². The summed E-state index contributed by atoms with van der Waals surface area (Å²) in [5, 5.41) is 0.288. The summed E-state index contributed by atoms with van der Waals surface area (Å²) in [5.41, 5.74) is 1.13. The van der Waals surface area contributed by atoms with Crippen LogP contribution < -0.4 is 4.72 Å². The van der Waals surface area contributed by atoms with Crippen molar-refractivity contribution in [1.82, 2.24) is 9.62 Å². The Balaban J connectivity index is 1.95. The normalized spacial score (nSPS) is 15.7. The second-order valence-corrected chi connectivity index (χ2v) is 8.17. The maximum atomic E-state index is 12.9. The van der Waals surface area contributed by atoms with E-state index in [1.54, 1.807) is 49.4 Å². The minimum absolute atomic E-state index is 0.0336. The molecule has 0 radical (unpaired) electrons. The van der Waals surface area contributed by atoms with Gasteiger partial charge in [-0.25, -0.2) is 22.8 Å². The molecule has 1 aliphatic heterocycles. The van der Waals surface area contributed by atoms with E-state index in [2.05, 4.69) is 4.72 Å². The van der Waals surface area contributed by atoms with Gasteiger partial charge in [0.1, 0.15) is 0 Å². The number of ether oxygens (including phenoxy) is 1. The van der Waals surface area contributed by atoms with Crippen LogP contribution in [-0.2, 0) is 19.6 Å². The number of nitrogens with one attached hydrogen (secondary N) is 1. The molecule has 1 fully saturated rings. The highest BCUT2D eigenvalue weighted by atomic mass is 35.5. The Bertz CT molecular complexity index is 963. The second kappa shape index (κ2) is 7.67. The average Bonchev–Trinajstić information content (AvgIpc) is 2.95. The molecule has 1 aliphatic rings. The fourth-order valence-electron chi connectivity index (χ4n) is 2.75. The van der Waals surface area contributed by atoms with Gasteiger partial charge in [-0.3, -0.25) is 4.79 Å². The number of halogens is 1. The van der Waals surface area contributed by atoms with E-state index in [1.807, 2.05) is 0 Å². The maximum absolute atomic E-state index is 12.9. The van der Waals surface area contributed by atoms with Crippen molar-refractivity contribution in [3.05, 3.63) is 64.7 Å². The zero-order chi connectivity index (χ0) is 19.6. The van der Waals surface area contributed by atoms with Crippen LogP contribution in [0, 0.1) is 6.92 Å². The Morgan fingerprint density at radius 2 is 1.89 bits per heavy atom. The molecule has 9 heteroatoms. The fourth-order valence-corrected chi connectivity index (χ4v) is 4.47. The number of aryl methyl sites for hydroxylation is 1. The predicted octanol–water partition coefficient (Wildman–Crippen LogP) is 2.65. The highest BCUT2D eigenvalue weighted by molar-refractivity contribution is 7.89. The molecule has 0 saturated carbocycles. The lowest BCUT2D eigenvalue weighted by Gasteiger charge is -2.23. The number of cyclic esters (lactones) is 1. The molecular weight excluding hydrogens is 392 g/mol. The zero-order valence-corrected chi connectivity index (χ0v) is 16.0. The number of nitrogens with zero attached hydrogens (tertiary/aromatic N) is 1. The first-order chi connectivity index (χ1) is 12.8. The molecule has 3 rings (SSSR count). The molecule has 2 amide bonds. The number of carbonyl (C=O) groups is 2. The summed E-state index contributed by atoms with van der Waals surface area (Å²) in [4.78, 5) is 24.6. The summed E-state index contributed by atoms with van der Waals surface area (Å²) in [7, 11) is -3.96. The SMILES string of the molecule is Cc1ccc(Cl)cc1S(=O)(=O)NC(CN1C(=O)COC1=O)c1ccccc1. The van der Waals surface area contributed by atoms with E-state index in [0.29, 0.717) is 11.1 Å². The molecule has 0 spiro atoms. The first kappa shape index (κ1) is 19.3. The molecule has 0 aromatic heterocycles. The fraction of sp³-hybridized carbons (Fsp3) is 0.222. The molecule has 7 nitrogen and oxygen atoms in total. The van der Waals surface area contributed by atoms with Gasteiger partial charge in [0.05, 0.1) is 17.5 Å². The van der Waals surface area contributed by atoms with Crippen LogP contribution in [0.2, 0.25) is 5.02 Å². The van der Waals surface area contributed by atoms with Crippen LogP contribution in [0.25, 0.3) is 0 Å². The molecule has 0 bridgehead atoms. The zero-order valence-electron chi connectivity index (χ0n) is 14.4. The number of sulfonamides is 1. The summed E-state index contributed by atoms with van der Waals surface area (Å²) in [6.07, 6.45) is -0.793. The molecule has 142 valence electrons. The van der Waals surface area contributed by atoms with E-state index in [0.717, 1.165) is 4.90 Å². The van der Waals surface area contributed by atoms with E-state index in [4.69, 9.17) is 16.3 Å².